The second-order valence-electron chi connectivity index (χ2n) is 6.46. The molecule has 0 saturated carbocycles. The molecule has 4 rings (SSSR count). The summed E-state index contributed by atoms with van der Waals surface area (Å²) in [5.41, 5.74) is -1.16. The maximum atomic E-state index is 12.2. The monoisotopic (exact) mass is 854 g/mol. The number of phenolic OH excluding ortho intramolecular Hbond substituents is 2. The van der Waals surface area contributed by atoms with Gasteiger partial charge in [0.05, 0.1) is 19.8 Å². The number of rotatable bonds is 2. The molecule has 4 N–H and O–H groups in total. The maximum Gasteiger partial charge on any atom is 0.336 e. The minimum absolute atomic E-state index is 0.00277. The van der Waals surface area contributed by atoms with E-state index in [4.69, 9.17) is 4.74 Å². The van der Waals surface area contributed by atoms with Crippen LogP contribution in [0.1, 0.15) is 27.0 Å². The number of carboxylic acid groups (broad SMARTS) is 1. The minimum atomic E-state index is -1.89. The summed E-state index contributed by atoms with van der Waals surface area (Å²) < 4.78 is 7.80. The van der Waals surface area contributed by atoms with Gasteiger partial charge in [-0.05, 0) is 109 Å². The molecule has 3 aromatic carbocycles. The molecule has 1 heterocycles. The molecule has 0 spiro atoms. The molecular weight excluding hydrogens is 844 g/mol. The van der Waals surface area contributed by atoms with Gasteiger partial charge in [-0.3, -0.25) is 0 Å². The zero-order valence-corrected chi connectivity index (χ0v) is 23.2. The van der Waals surface area contributed by atoms with Crippen LogP contribution in [0.3, 0.4) is 0 Å². The quantitative estimate of drug-likeness (QED) is 0.250. The Kier molecular flexibility index (Phi) is 6.08. The molecule has 10 heteroatoms. The smallest absolute Gasteiger partial charge is 0.336 e. The van der Waals surface area contributed by atoms with Gasteiger partial charge in [-0.1, -0.05) is 18.2 Å². The summed E-state index contributed by atoms with van der Waals surface area (Å²) in [7, 11) is 0. The van der Waals surface area contributed by atoms with Crippen molar-refractivity contribution in [1.82, 2.24) is 0 Å². The number of aliphatic hydroxyl groups is 1. The average Bonchev–Trinajstić information content (AvgIpc) is 2.72. The average molecular weight is 854 g/mol. The molecule has 30 heavy (non-hydrogen) atoms. The molecule has 0 aliphatic carbocycles. The van der Waals surface area contributed by atoms with Crippen molar-refractivity contribution in [2.24, 2.45) is 0 Å². The van der Waals surface area contributed by atoms with Crippen LogP contribution in [-0.2, 0) is 5.60 Å². The van der Waals surface area contributed by atoms with Gasteiger partial charge in [0.1, 0.15) is 17.1 Å². The van der Waals surface area contributed by atoms with E-state index >= 15 is 0 Å². The Bertz CT molecular complexity index is 1180. The van der Waals surface area contributed by atoms with Crippen molar-refractivity contribution in [1.29, 1.82) is 0 Å². The van der Waals surface area contributed by atoms with Crippen LogP contribution in [0.2, 0.25) is 0 Å². The van der Waals surface area contributed by atoms with E-state index in [2.05, 4.69) is 0 Å². The predicted molar refractivity (Wildman–Crippen MR) is 143 cm³/mol. The van der Waals surface area contributed by atoms with Gasteiger partial charge in [0.15, 0.2) is 11.5 Å². The number of ether oxygens (including phenoxy) is 1. The largest absolute Gasteiger partial charge is 0.506 e. The van der Waals surface area contributed by atoms with Crippen LogP contribution in [0.15, 0.2) is 36.4 Å². The first-order valence-electron chi connectivity index (χ1n) is 8.24. The van der Waals surface area contributed by atoms with E-state index in [0.29, 0.717) is 25.4 Å². The molecular formula is C20H10I4O6. The molecule has 6 nitrogen and oxygen atoms in total. The van der Waals surface area contributed by atoms with Crippen molar-refractivity contribution in [3.05, 3.63) is 72.9 Å². The summed E-state index contributed by atoms with van der Waals surface area (Å²) in [5.74, 6) is -0.765. The molecule has 0 aromatic heterocycles. The fraction of sp³-hybridized carbons (Fsp3) is 0.0500. The first kappa shape index (κ1) is 22.6. The van der Waals surface area contributed by atoms with Crippen LogP contribution in [0.25, 0.3) is 0 Å². The summed E-state index contributed by atoms with van der Waals surface area (Å²) >= 11 is 7.75. The zero-order chi connectivity index (χ0) is 22.0. The molecule has 0 atom stereocenters. The second kappa shape index (κ2) is 8.08. The van der Waals surface area contributed by atoms with E-state index in [1.54, 1.807) is 30.3 Å². The van der Waals surface area contributed by atoms with Crippen LogP contribution in [0.4, 0.5) is 0 Å². The Morgan fingerprint density at radius 1 is 0.833 bits per heavy atom. The molecule has 3 aromatic rings. The van der Waals surface area contributed by atoms with Gasteiger partial charge in [0, 0.05) is 16.7 Å². The first-order valence-corrected chi connectivity index (χ1v) is 12.6. The predicted octanol–water partition coefficient (Wildman–Crippen LogP) is 5.60. The normalized spacial score (nSPS) is 13.9. The van der Waals surface area contributed by atoms with E-state index in [1.807, 2.05) is 90.4 Å². The highest BCUT2D eigenvalue weighted by molar-refractivity contribution is 14.1. The number of hydrogen-bond acceptors (Lipinski definition) is 5. The van der Waals surface area contributed by atoms with Crippen LogP contribution < -0.4 is 4.74 Å². The molecule has 1 aliphatic heterocycles. The second-order valence-corrected chi connectivity index (χ2v) is 10.9. The standard InChI is InChI=1S/C20H10I4O6/c21-11-5-9-17(13(23)15(11)25)30-18-10(6-12(22)16(26)14(18)24)20(9,29)8-4-2-1-3-7(8)19(27)28/h1-6,25-26,29H,(H,27,28). The number of fused-ring (bicyclic) bond motifs is 2. The van der Waals surface area contributed by atoms with Gasteiger partial charge < -0.3 is 25.2 Å². The molecule has 0 saturated heterocycles. The molecule has 0 unspecified atom stereocenters. The zero-order valence-electron chi connectivity index (χ0n) is 14.6. The van der Waals surface area contributed by atoms with E-state index in [9.17, 15) is 25.2 Å². The van der Waals surface area contributed by atoms with Crippen LogP contribution in [-0.4, -0.2) is 26.4 Å². The van der Waals surface area contributed by atoms with E-state index in [-0.39, 0.29) is 34.1 Å². The first-order chi connectivity index (χ1) is 14.1. The molecule has 0 radical (unpaired) electrons. The lowest BCUT2D eigenvalue weighted by Gasteiger charge is -2.38. The lowest BCUT2D eigenvalue weighted by molar-refractivity contribution is 0.0675. The van der Waals surface area contributed by atoms with Crippen LogP contribution in [0, 0.1) is 14.3 Å². The number of aromatic carboxylic acids is 1. The summed E-state index contributed by atoms with van der Waals surface area (Å²) in [5, 5.41) is 42.9. The molecule has 0 amide bonds. The number of halogens is 4. The Hall–Kier alpha value is -0.590. The summed E-state index contributed by atoms with van der Waals surface area (Å²) in [4.78, 5) is 12.0. The highest BCUT2D eigenvalue weighted by atomic mass is 127. The van der Waals surface area contributed by atoms with E-state index in [1.165, 1.54) is 6.07 Å². The molecule has 0 bridgehead atoms. The Labute approximate surface area is 225 Å². The Balaban J connectivity index is 2.21. The molecule has 154 valence electrons. The van der Waals surface area contributed by atoms with Crippen molar-refractivity contribution in [3.8, 4) is 23.0 Å². The lowest BCUT2D eigenvalue weighted by Crippen LogP contribution is -2.35. The third kappa shape index (κ3) is 3.27. The third-order valence-electron chi connectivity index (χ3n) is 4.83. The lowest BCUT2D eigenvalue weighted by atomic mass is 9.76. The maximum absolute atomic E-state index is 12.2. The number of benzene rings is 3. The number of hydrogen-bond donors (Lipinski definition) is 4. The Morgan fingerprint density at radius 3 is 1.77 bits per heavy atom. The third-order valence-corrected chi connectivity index (χ3v) is 8.48. The highest BCUT2D eigenvalue weighted by Gasteiger charge is 2.47. The van der Waals surface area contributed by atoms with E-state index < -0.39 is 11.6 Å². The molecule has 1 aliphatic rings. The fourth-order valence-electron chi connectivity index (χ4n) is 3.44. The van der Waals surface area contributed by atoms with Gasteiger partial charge in [0.25, 0.3) is 0 Å². The van der Waals surface area contributed by atoms with Crippen molar-refractivity contribution >= 4 is 96.3 Å². The van der Waals surface area contributed by atoms with Gasteiger partial charge in [-0.15, -0.1) is 0 Å². The topological polar surface area (TPSA) is 107 Å². The van der Waals surface area contributed by atoms with Gasteiger partial charge in [-0.2, -0.15) is 0 Å². The van der Waals surface area contributed by atoms with Crippen LogP contribution in [0.5, 0.6) is 23.0 Å². The SMILES string of the molecule is O=C(O)c1ccccc1C1(O)c2cc(I)c(O)c(I)c2Oc2c1cc(I)c(O)c2I. The van der Waals surface area contributed by atoms with E-state index in [0.717, 1.165) is 0 Å². The Morgan fingerprint density at radius 2 is 1.30 bits per heavy atom. The summed E-state index contributed by atoms with van der Waals surface area (Å²) in [6.07, 6.45) is 0. The number of aromatic hydroxyl groups is 2. The van der Waals surface area contributed by atoms with Crippen molar-refractivity contribution < 1.29 is 30.0 Å². The highest BCUT2D eigenvalue weighted by Crippen LogP contribution is 2.56. The summed E-state index contributed by atoms with van der Waals surface area (Å²) in [6, 6.07) is 9.40. The van der Waals surface area contributed by atoms with Crippen molar-refractivity contribution in [2.45, 2.75) is 5.60 Å². The number of carboxylic acids is 1. The van der Waals surface area contributed by atoms with Crippen molar-refractivity contribution in [3.63, 3.8) is 0 Å². The number of phenols is 2. The van der Waals surface area contributed by atoms with Crippen molar-refractivity contribution in [2.75, 3.05) is 0 Å². The molecule has 0 fully saturated rings. The van der Waals surface area contributed by atoms with Gasteiger partial charge >= 0.3 is 5.97 Å². The number of carbonyl (C=O) groups is 1. The fourth-order valence-corrected chi connectivity index (χ4v) is 7.02. The summed E-state index contributed by atoms with van der Waals surface area (Å²) in [6.45, 7) is 0. The minimum Gasteiger partial charge on any atom is -0.506 e. The van der Waals surface area contributed by atoms with Crippen LogP contribution >= 0.6 is 90.4 Å². The van der Waals surface area contributed by atoms with Gasteiger partial charge in [-0.25, -0.2) is 4.79 Å². The van der Waals surface area contributed by atoms with Gasteiger partial charge in [0.2, 0.25) is 0 Å².